The Bertz CT molecular complexity index is 866. The number of fused-ring (bicyclic) bond motifs is 1. The summed E-state index contributed by atoms with van der Waals surface area (Å²) in [6.45, 7) is 5.66. The summed E-state index contributed by atoms with van der Waals surface area (Å²) in [5.41, 5.74) is 2.65. The van der Waals surface area contributed by atoms with Gasteiger partial charge in [-0.1, -0.05) is 31.2 Å². The van der Waals surface area contributed by atoms with Gasteiger partial charge in [0.15, 0.2) is 0 Å². The van der Waals surface area contributed by atoms with Crippen molar-refractivity contribution in [3.63, 3.8) is 0 Å². The number of carbonyl (C=O) groups is 3. The number of likely N-dealkylation sites (tertiary alicyclic amines) is 1. The van der Waals surface area contributed by atoms with Crippen molar-refractivity contribution in [2.75, 3.05) is 25.5 Å². The lowest BCUT2D eigenvalue weighted by Gasteiger charge is -2.33. The average Bonchev–Trinajstić information content (AvgIpc) is 3.01. The Labute approximate surface area is 177 Å². The van der Waals surface area contributed by atoms with Crippen molar-refractivity contribution in [2.24, 2.45) is 23.7 Å². The Morgan fingerprint density at radius 3 is 2.53 bits per heavy atom. The summed E-state index contributed by atoms with van der Waals surface area (Å²) in [6.07, 6.45) is 4.61. The van der Waals surface area contributed by atoms with Gasteiger partial charge >= 0.3 is 0 Å². The molecule has 1 aliphatic carbocycles. The number of aliphatic hydroxyl groups is 1. The van der Waals surface area contributed by atoms with Crippen molar-refractivity contribution >= 4 is 23.4 Å². The first kappa shape index (κ1) is 22.0. The molecule has 1 saturated heterocycles. The van der Waals surface area contributed by atoms with Crippen LogP contribution >= 0.6 is 0 Å². The van der Waals surface area contributed by atoms with Crippen LogP contribution in [0.5, 0.6) is 0 Å². The molecule has 5 atom stereocenters. The van der Waals surface area contributed by atoms with Crippen LogP contribution in [-0.2, 0) is 14.4 Å². The first-order valence-corrected chi connectivity index (χ1v) is 10.5. The molecule has 3 N–H and O–H groups in total. The summed E-state index contributed by atoms with van der Waals surface area (Å²) in [6, 6.07) is 5.04. The van der Waals surface area contributed by atoms with Gasteiger partial charge in [-0.2, -0.15) is 0 Å². The number of anilines is 1. The molecule has 30 heavy (non-hydrogen) atoms. The van der Waals surface area contributed by atoms with Crippen LogP contribution in [0.15, 0.2) is 30.4 Å². The second-order valence-electron chi connectivity index (χ2n) is 8.21. The van der Waals surface area contributed by atoms with E-state index in [-0.39, 0.29) is 36.8 Å². The largest absolute Gasteiger partial charge is 0.395 e. The summed E-state index contributed by atoms with van der Waals surface area (Å²) in [4.78, 5) is 40.8. The van der Waals surface area contributed by atoms with E-state index >= 15 is 0 Å². The first-order chi connectivity index (χ1) is 14.3. The Morgan fingerprint density at radius 1 is 1.17 bits per heavy atom. The summed E-state index contributed by atoms with van der Waals surface area (Å²) in [5.74, 6) is -2.34. The molecule has 0 saturated carbocycles. The molecule has 1 heterocycles. The van der Waals surface area contributed by atoms with Crippen LogP contribution in [0.1, 0.15) is 24.5 Å². The third kappa shape index (κ3) is 3.86. The number of hydrogen-bond acceptors (Lipinski definition) is 4. The van der Waals surface area contributed by atoms with Crippen LogP contribution in [0.25, 0.3) is 0 Å². The van der Waals surface area contributed by atoms with Crippen LogP contribution in [0, 0.1) is 37.5 Å². The summed E-state index contributed by atoms with van der Waals surface area (Å²) >= 11 is 0. The molecular formula is C23H31N3O4. The fourth-order valence-electron chi connectivity index (χ4n) is 4.84. The van der Waals surface area contributed by atoms with Crippen molar-refractivity contribution in [3.8, 4) is 0 Å². The minimum Gasteiger partial charge on any atom is -0.395 e. The zero-order valence-corrected chi connectivity index (χ0v) is 18.0. The molecule has 7 nitrogen and oxygen atoms in total. The van der Waals surface area contributed by atoms with Gasteiger partial charge in [-0.15, -0.1) is 0 Å². The number of benzene rings is 1. The summed E-state index contributed by atoms with van der Waals surface area (Å²) < 4.78 is 0. The van der Waals surface area contributed by atoms with Gasteiger partial charge in [-0.3, -0.25) is 14.4 Å². The Kier molecular flexibility index (Phi) is 6.61. The Morgan fingerprint density at radius 2 is 1.90 bits per heavy atom. The number of allylic oxidation sites excluding steroid dienone is 1. The number of nitrogens with zero attached hydrogens (tertiary/aromatic N) is 1. The maximum absolute atomic E-state index is 13.3. The Balaban J connectivity index is 1.98. The quantitative estimate of drug-likeness (QED) is 0.618. The van der Waals surface area contributed by atoms with E-state index in [0.29, 0.717) is 5.69 Å². The highest BCUT2D eigenvalue weighted by atomic mass is 16.3. The number of nitrogens with one attached hydrogen (secondary N) is 2. The molecule has 162 valence electrons. The van der Waals surface area contributed by atoms with Crippen molar-refractivity contribution in [3.05, 3.63) is 41.5 Å². The fraction of sp³-hybridized carbons (Fsp3) is 0.522. The number of carbonyl (C=O) groups excluding carboxylic acids is 3. The maximum Gasteiger partial charge on any atom is 0.247 e. The van der Waals surface area contributed by atoms with Gasteiger partial charge < -0.3 is 20.6 Å². The fourth-order valence-corrected chi connectivity index (χ4v) is 4.84. The van der Waals surface area contributed by atoms with Crippen LogP contribution in [0.4, 0.5) is 5.69 Å². The standard InChI is InChI=1S/C23H31N3O4/c1-5-15-8-9-16-19(18(15)21(28)24-4)23(30)26(10-11-27)20(16)22(29)25-17-12-13(2)6-7-14(17)3/h6-9,12,15-16,18-20,27H,5,10-11H2,1-4H3,(H,24,28)(H,25,29)/t15-,16+,18-,19+,20+/m1/s1. The van der Waals surface area contributed by atoms with Crippen molar-refractivity contribution < 1.29 is 19.5 Å². The summed E-state index contributed by atoms with van der Waals surface area (Å²) in [7, 11) is 1.57. The molecule has 0 aromatic heterocycles. The highest BCUT2D eigenvalue weighted by Gasteiger charge is 2.56. The highest BCUT2D eigenvalue weighted by molar-refractivity contribution is 6.02. The SMILES string of the molecule is CC[C@@H]1C=C[C@H]2[C@H](C(=O)N(CCO)[C@@H]2C(=O)Nc2cc(C)ccc2C)[C@@H]1C(=O)NC. The van der Waals surface area contributed by atoms with E-state index in [0.717, 1.165) is 17.5 Å². The number of aryl methyl sites for hydroxylation is 2. The molecule has 3 rings (SSSR count). The van der Waals surface area contributed by atoms with E-state index in [1.54, 1.807) is 7.05 Å². The third-order valence-corrected chi connectivity index (χ3v) is 6.39. The molecule has 7 heteroatoms. The summed E-state index contributed by atoms with van der Waals surface area (Å²) in [5, 5.41) is 15.2. The number of amides is 3. The lowest BCUT2D eigenvalue weighted by atomic mass is 9.69. The number of β-amino-alcohol motifs (C(OH)–C–C–N with tert-alkyl or cyclic N) is 1. The molecule has 1 aromatic rings. The smallest absolute Gasteiger partial charge is 0.247 e. The van der Waals surface area contributed by atoms with Crippen LogP contribution < -0.4 is 10.6 Å². The predicted molar refractivity (Wildman–Crippen MR) is 115 cm³/mol. The van der Waals surface area contributed by atoms with E-state index in [9.17, 15) is 19.5 Å². The minimum absolute atomic E-state index is 0.0574. The molecule has 1 fully saturated rings. The molecular weight excluding hydrogens is 382 g/mol. The van der Waals surface area contributed by atoms with E-state index < -0.39 is 23.8 Å². The van der Waals surface area contributed by atoms with Crippen molar-refractivity contribution in [1.29, 1.82) is 0 Å². The molecule has 3 amide bonds. The topological polar surface area (TPSA) is 98.7 Å². The molecule has 0 bridgehead atoms. The lowest BCUT2D eigenvalue weighted by Crippen LogP contribution is -2.45. The third-order valence-electron chi connectivity index (χ3n) is 6.39. The van der Waals surface area contributed by atoms with E-state index in [4.69, 9.17) is 0 Å². The molecule has 0 radical (unpaired) electrons. The van der Waals surface area contributed by atoms with E-state index in [2.05, 4.69) is 10.6 Å². The number of rotatable bonds is 6. The number of aliphatic hydroxyl groups excluding tert-OH is 1. The zero-order chi connectivity index (χ0) is 22.0. The van der Waals surface area contributed by atoms with Gasteiger partial charge in [0.1, 0.15) is 6.04 Å². The van der Waals surface area contributed by atoms with Gasteiger partial charge in [0, 0.05) is 25.2 Å². The van der Waals surface area contributed by atoms with E-state index in [1.807, 2.05) is 51.1 Å². The molecule has 0 unspecified atom stereocenters. The van der Waals surface area contributed by atoms with Crippen molar-refractivity contribution in [2.45, 2.75) is 33.2 Å². The first-order valence-electron chi connectivity index (χ1n) is 10.5. The monoisotopic (exact) mass is 413 g/mol. The lowest BCUT2D eigenvalue weighted by molar-refractivity contribution is -0.140. The second kappa shape index (κ2) is 9.00. The second-order valence-corrected chi connectivity index (χ2v) is 8.21. The predicted octanol–water partition coefficient (Wildman–Crippen LogP) is 1.64. The normalized spacial score (nSPS) is 27.7. The van der Waals surface area contributed by atoms with Gasteiger partial charge in [0.05, 0.1) is 18.4 Å². The average molecular weight is 414 g/mol. The van der Waals surface area contributed by atoms with Crippen LogP contribution in [-0.4, -0.2) is 54.0 Å². The van der Waals surface area contributed by atoms with Crippen LogP contribution in [0.2, 0.25) is 0 Å². The Hall–Kier alpha value is -2.67. The number of hydrogen-bond donors (Lipinski definition) is 3. The highest BCUT2D eigenvalue weighted by Crippen LogP contribution is 2.45. The van der Waals surface area contributed by atoms with Crippen molar-refractivity contribution in [1.82, 2.24) is 10.2 Å². The molecule has 1 aromatic carbocycles. The van der Waals surface area contributed by atoms with Gasteiger partial charge in [0.25, 0.3) is 0 Å². The van der Waals surface area contributed by atoms with Gasteiger partial charge in [-0.05, 0) is 43.4 Å². The molecule has 2 aliphatic rings. The molecule has 0 spiro atoms. The zero-order valence-electron chi connectivity index (χ0n) is 18.0. The van der Waals surface area contributed by atoms with Gasteiger partial charge in [0.2, 0.25) is 17.7 Å². The molecule has 1 aliphatic heterocycles. The van der Waals surface area contributed by atoms with Gasteiger partial charge in [-0.25, -0.2) is 0 Å². The van der Waals surface area contributed by atoms with E-state index in [1.165, 1.54) is 4.90 Å². The van der Waals surface area contributed by atoms with Crippen LogP contribution in [0.3, 0.4) is 0 Å². The minimum atomic E-state index is -0.768. The maximum atomic E-state index is 13.3.